The van der Waals surface area contributed by atoms with E-state index >= 15 is 4.39 Å². The van der Waals surface area contributed by atoms with Gasteiger partial charge in [0.25, 0.3) is 5.67 Å². The molecule has 0 amide bonds. The fraction of sp³-hybridized carbons (Fsp3) is 0.500. The number of aromatic carboxylic acids is 1. The predicted octanol–water partition coefficient (Wildman–Crippen LogP) is 6.85. The topological polar surface area (TPSA) is 37.3 Å². The van der Waals surface area contributed by atoms with Crippen LogP contribution in [0.1, 0.15) is 34.3 Å². The summed E-state index contributed by atoms with van der Waals surface area (Å²) in [5, 5.41) is 9.23. The van der Waals surface area contributed by atoms with Gasteiger partial charge in [-0.3, -0.25) is 0 Å². The van der Waals surface area contributed by atoms with E-state index in [1.54, 1.807) is 0 Å². The lowest BCUT2D eigenvalue weighted by Crippen LogP contribution is -2.82. The third-order valence-electron chi connectivity index (χ3n) is 5.09. The van der Waals surface area contributed by atoms with Crippen LogP contribution < -0.4 is 0 Å². The first-order chi connectivity index (χ1) is 14.3. The molecule has 32 heavy (non-hydrogen) atoms. The first-order valence-electron chi connectivity index (χ1n) is 8.52. The van der Waals surface area contributed by atoms with Gasteiger partial charge >= 0.3 is 35.6 Å². The highest BCUT2D eigenvalue weighted by molar-refractivity contribution is 14.1. The zero-order valence-electron chi connectivity index (χ0n) is 15.5. The summed E-state index contributed by atoms with van der Waals surface area (Å²) >= 11 is 0.868. The number of halogens is 12. The monoisotopic (exact) mass is 596 g/mol. The molecule has 0 spiro atoms. The van der Waals surface area contributed by atoms with Crippen molar-refractivity contribution in [3.05, 3.63) is 45.0 Å². The predicted molar refractivity (Wildman–Crippen MR) is 96.8 cm³/mol. The number of hydrogen-bond donors (Lipinski definition) is 1. The van der Waals surface area contributed by atoms with E-state index in [2.05, 4.69) is 6.58 Å². The summed E-state index contributed by atoms with van der Waals surface area (Å²) in [5.74, 6) is -38.0. The molecule has 1 aliphatic carbocycles. The SMILES string of the molecule is C=CCCCc1cc(I)c(C2(F)C(F)(F)C(F)(F)C(F)(F)C(F)(F)C2(F)F)cc1C(=O)O. The molecule has 1 aliphatic rings. The third kappa shape index (κ3) is 3.06. The number of rotatable bonds is 6. The highest BCUT2D eigenvalue weighted by Gasteiger charge is 3.01. The second-order valence-electron chi connectivity index (χ2n) is 7.01. The van der Waals surface area contributed by atoms with E-state index in [9.17, 15) is 53.8 Å². The molecule has 14 heteroatoms. The first kappa shape index (κ1) is 26.6. The smallest absolute Gasteiger partial charge is 0.384 e. The Labute approximate surface area is 186 Å². The minimum atomic E-state index is -7.34. The average molecular weight is 596 g/mol. The van der Waals surface area contributed by atoms with Gasteiger partial charge in [0.15, 0.2) is 0 Å². The molecular weight excluding hydrogens is 584 g/mol. The van der Waals surface area contributed by atoms with Crippen molar-refractivity contribution in [3.8, 4) is 0 Å². The van der Waals surface area contributed by atoms with Gasteiger partial charge in [0.05, 0.1) is 5.56 Å². The third-order valence-corrected chi connectivity index (χ3v) is 5.98. The molecule has 0 aliphatic heterocycles. The van der Waals surface area contributed by atoms with E-state index in [1.807, 2.05) is 0 Å². The standard InChI is InChI=1S/C18H12F11IO2/c1-2-3-4-5-8-6-11(30)10(7-9(8)12(31)32)13(19)14(20,21)16(24,25)18(28,29)17(26,27)15(13,22)23/h2,6-7H,1,3-5H2,(H,31,32). The van der Waals surface area contributed by atoms with Crippen LogP contribution in [-0.2, 0) is 12.1 Å². The zero-order chi connectivity index (χ0) is 25.1. The number of carbonyl (C=O) groups is 1. The molecule has 0 radical (unpaired) electrons. The highest BCUT2D eigenvalue weighted by atomic mass is 127. The number of allylic oxidation sites excluding steroid dienone is 1. The number of benzene rings is 1. The van der Waals surface area contributed by atoms with Crippen LogP contribution in [0, 0.1) is 3.57 Å². The van der Waals surface area contributed by atoms with Crippen molar-refractivity contribution in [1.29, 1.82) is 0 Å². The lowest BCUT2D eigenvalue weighted by Gasteiger charge is -2.52. The Balaban J connectivity index is 2.91. The zero-order valence-corrected chi connectivity index (χ0v) is 17.6. The quantitative estimate of drug-likeness (QED) is 0.169. The highest BCUT2D eigenvalue weighted by Crippen LogP contribution is 2.72. The number of unbranched alkanes of at least 4 members (excludes halogenated alkanes) is 1. The van der Waals surface area contributed by atoms with Crippen LogP contribution in [0.3, 0.4) is 0 Å². The molecule has 1 N–H and O–H groups in total. The number of alkyl halides is 11. The fourth-order valence-electron chi connectivity index (χ4n) is 3.28. The number of aryl methyl sites for hydroxylation is 1. The van der Waals surface area contributed by atoms with Gasteiger partial charge in [-0.05, 0) is 59.5 Å². The Hall–Kier alpha value is -1.61. The van der Waals surface area contributed by atoms with Crippen molar-refractivity contribution < 1.29 is 58.2 Å². The van der Waals surface area contributed by atoms with E-state index in [1.165, 1.54) is 6.08 Å². The van der Waals surface area contributed by atoms with E-state index in [0.29, 0.717) is 12.5 Å². The molecule has 180 valence electrons. The summed E-state index contributed by atoms with van der Waals surface area (Å²) in [6.07, 6.45) is 1.74. The molecule has 0 saturated heterocycles. The van der Waals surface area contributed by atoms with Crippen molar-refractivity contribution in [2.24, 2.45) is 0 Å². The summed E-state index contributed by atoms with van der Waals surface area (Å²) < 4.78 is 154. The minimum Gasteiger partial charge on any atom is -0.478 e. The molecule has 0 heterocycles. The maximum Gasteiger partial charge on any atom is 0.384 e. The van der Waals surface area contributed by atoms with Gasteiger partial charge in [0, 0.05) is 9.13 Å². The molecule has 2 rings (SSSR count). The van der Waals surface area contributed by atoms with Crippen molar-refractivity contribution in [2.75, 3.05) is 0 Å². The number of carboxylic acids is 1. The molecular formula is C18H12F11IO2. The molecule has 2 nitrogen and oxygen atoms in total. The lowest BCUT2D eigenvalue weighted by atomic mass is 9.68. The van der Waals surface area contributed by atoms with Crippen LogP contribution in [0.2, 0.25) is 0 Å². The normalized spacial score (nSPS) is 24.0. The molecule has 1 aromatic carbocycles. The van der Waals surface area contributed by atoms with Gasteiger partial charge in [0.1, 0.15) is 0 Å². The van der Waals surface area contributed by atoms with Gasteiger partial charge in [-0.1, -0.05) is 6.08 Å². The first-order valence-corrected chi connectivity index (χ1v) is 9.60. The number of hydrogen-bond acceptors (Lipinski definition) is 1. The Morgan fingerprint density at radius 3 is 1.72 bits per heavy atom. The molecule has 0 atom stereocenters. The summed E-state index contributed by atoms with van der Waals surface area (Å²) in [5.41, 5.74) is -10.1. The molecule has 1 fully saturated rings. The van der Waals surface area contributed by atoms with Gasteiger partial charge in [0.2, 0.25) is 0 Å². The average Bonchev–Trinajstić information content (AvgIpc) is 2.65. The Bertz CT molecular complexity index is 913. The molecule has 0 aromatic heterocycles. The fourth-order valence-corrected chi connectivity index (χ4v) is 4.18. The summed E-state index contributed by atoms with van der Waals surface area (Å²) in [6, 6.07) is 0.323. The van der Waals surface area contributed by atoms with Crippen LogP contribution in [0.25, 0.3) is 0 Å². The minimum absolute atomic E-state index is 0.152. The molecule has 1 saturated carbocycles. The number of carboxylic acid groups (broad SMARTS) is 1. The van der Waals surface area contributed by atoms with E-state index in [-0.39, 0.29) is 24.5 Å². The van der Waals surface area contributed by atoms with Crippen molar-refractivity contribution in [1.82, 2.24) is 0 Å². The van der Waals surface area contributed by atoms with Crippen molar-refractivity contribution in [2.45, 2.75) is 54.5 Å². The second-order valence-corrected chi connectivity index (χ2v) is 8.17. The van der Waals surface area contributed by atoms with Crippen LogP contribution in [0.4, 0.5) is 48.3 Å². The van der Waals surface area contributed by atoms with Gasteiger partial charge in [-0.2, -0.15) is 43.9 Å². The maximum absolute atomic E-state index is 15.3. The lowest BCUT2D eigenvalue weighted by molar-refractivity contribution is -0.489. The van der Waals surface area contributed by atoms with Gasteiger partial charge in [-0.15, -0.1) is 6.58 Å². The van der Waals surface area contributed by atoms with Crippen molar-refractivity contribution >= 4 is 28.6 Å². The summed E-state index contributed by atoms with van der Waals surface area (Å²) in [4.78, 5) is 11.4. The second kappa shape index (κ2) is 7.72. The Morgan fingerprint density at radius 1 is 0.875 bits per heavy atom. The van der Waals surface area contributed by atoms with Crippen molar-refractivity contribution in [3.63, 3.8) is 0 Å². The molecule has 1 aromatic rings. The van der Waals surface area contributed by atoms with Crippen LogP contribution >= 0.6 is 22.6 Å². The van der Waals surface area contributed by atoms with E-state index in [0.717, 1.165) is 22.6 Å². The Morgan fingerprint density at radius 2 is 1.31 bits per heavy atom. The van der Waals surface area contributed by atoms with Crippen LogP contribution in [0.5, 0.6) is 0 Å². The molecule has 0 bridgehead atoms. The molecule has 0 unspecified atom stereocenters. The van der Waals surface area contributed by atoms with Crippen LogP contribution in [-0.4, -0.2) is 40.7 Å². The van der Waals surface area contributed by atoms with Gasteiger partial charge < -0.3 is 5.11 Å². The van der Waals surface area contributed by atoms with E-state index in [4.69, 9.17) is 0 Å². The van der Waals surface area contributed by atoms with E-state index < -0.39 is 55.9 Å². The maximum atomic E-state index is 15.3. The van der Waals surface area contributed by atoms with Gasteiger partial charge in [-0.25, -0.2) is 9.18 Å². The Kier molecular flexibility index (Phi) is 6.43. The largest absolute Gasteiger partial charge is 0.478 e. The summed E-state index contributed by atoms with van der Waals surface area (Å²) in [6.45, 7) is 3.38. The van der Waals surface area contributed by atoms with Crippen LogP contribution in [0.15, 0.2) is 24.8 Å². The summed E-state index contributed by atoms with van der Waals surface area (Å²) in [7, 11) is 0.